The molecule has 1 N–H and O–H groups in total. The van der Waals surface area contributed by atoms with Crippen LogP contribution in [-0.4, -0.2) is 7.05 Å². The van der Waals surface area contributed by atoms with Crippen molar-refractivity contribution in [2.24, 2.45) is 0 Å². The van der Waals surface area contributed by atoms with E-state index in [2.05, 4.69) is 37.4 Å². The summed E-state index contributed by atoms with van der Waals surface area (Å²) < 4.78 is 13.8. The minimum Gasteiger partial charge on any atom is -0.309 e. The van der Waals surface area contributed by atoms with Gasteiger partial charge in [0, 0.05) is 0 Å². The van der Waals surface area contributed by atoms with Crippen LogP contribution in [0.25, 0.3) is 0 Å². The van der Waals surface area contributed by atoms with Crippen LogP contribution in [-0.2, 0) is 0 Å². The lowest BCUT2D eigenvalue weighted by atomic mass is 9.92. The first-order valence-electron chi connectivity index (χ1n) is 6.95. The molecule has 1 nitrogen and oxygen atoms in total. The summed E-state index contributed by atoms with van der Waals surface area (Å²) in [4.78, 5) is 0. The molecule has 0 saturated carbocycles. The molecule has 0 fully saturated rings. The van der Waals surface area contributed by atoms with E-state index < -0.39 is 0 Å². The topological polar surface area (TPSA) is 12.0 Å². The molecule has 1 atom stereocenters. The average molecular weight is 271 g/mol. The van der Waals surface area contributed by atoms with Gasteiger partial charge in [0.1, 0.15) is 5.82 Å². The molecular formula is C18H22FN. The Balaban J connectivity index is 2.52. The zero-order chi connectivity index (χ0) is 14.9. The number of aryl methyl sites for hydroxylation is 4. The molecule has 0 radical (unpaired) electrons. The smallest absolute Gasteiger partial charge is 0.129 e. The number of nitrogens with one attached hydrogen (secondary N) is 1. The van der Waals surface area contributed by atoms with Gasteiger partial charge in [0.15, 0.2) is 0 Å². The van der Waals surface area contributed by atoms with Gasteiger partial charge in [-0.3, -0.25) is 0 Å². The molecule has 0 heterocycles. The fourth-order valence-corrected chi connectivity index (χ4v) is 2.80. The van der Waals surface area contributed by atoms with Crippen LogP contribution < -0.4 is 5.32 Å². The van der Waals surface area contributed by atoms with Crippen molar-refractivity contribution in [1.82, 2.24) is 5.32 Å². The summed E-state index contributed by atoms with van der Waals surface area (Å²) in [6, 6.07) is 10.4. The summed E-state index contributed by atoms with van der Waals surface area (Å²) >= 11 is 0. The Labute approximate surface area is 120 Å². The van der Waals surface area contributed by atoms with E-state index in [1.165, 1.54) is 16.7 Å². The van der Waals surface area contributed by atoms with Gasteiger partial charge in [0.25, 0.3) is 0 Å². The van der Waals surface area contributed by atoms with Crippen molar-refractivity contribution in [3.63, 3.8) is 0 Å². The molecule has 0 spiro atoms. The largest absolute Gasteiger partial charge is 0.309 e. The van der Waals surface area contributed by atoms with E-state index in [1.807, 2.05) is 33.0 Å². The van der Waals surface area contributed by atoms with Crippen LogP contribution in [0.3, 0.4) is 0 Å². The van der Waals surface area contributed by atoms with Crippen LogP contribution in [0.5, 0.6) is 0 Å². The normalized spacial score (nSPS) is 12.5. The second-order valence-corrected chi connectivity index (χ2v) is 5.55. The fourth-order valence-electron chi connectivity index (χ4n) is 2.80. The van der Waals surface area contributed by atoms with Gasteiger partial charge >= 0.3 is 0 Å². The van der Waals surface area contributed by atoms with E-state index in [4.69, 9.17) is 0 Å². The lowest BCUT2D eigenvalue weighted by Gasteiger charge is -2.21. The van der Waals surface area contributed by atoms with Crippen molar-refractivity contribution < 1.29 is 4.39 Å². The number of benzene rings is 2. The second-order valence-electron chi connectivity index (χ2n) is 5.55. The maximum Gasteiger partial charge on any atom is 0.129 e. The zero-order valence-electron chi connectivity index (χ0n) is 12.8. The average Bonchev–Trinajstić information content (AvgIpc) is 2.39. The van der Waals surface area contributed by atoms with E-state index in [0.717, 1.165) is 5.56 Å². The van der Waals surface area contributed by atoms with Gasteiger partial charge in [0.2, 0.25) is 0 Å². The van der Waals surface area contributed by atoms with E-state index in [9.17, 15) is 4.39 Å². The summed E-state index contributed by atoms with van der Waals surface area (Å²) in [5, 5.41) is 3.35. The van der Waals surface area contributed by atoms with E-state index in [-0.39, 0.29) is 11.9 Å². The van der Waals surface area contributed by atoms with Crippen molar-refractivity contribution in [3.05, 3.63) is 69.5 Å². The molecule has 0 aliphatic rings. The van der Waals surface area contributed by atoms with Crippen LogP contribution in [0.4, 0.5) is 4.39 Å². The number of halogens is 1. The van der Waals surface area contributed by atoms with Crippen molar-refractivity contribution in [2.75, 3.05) is 7.05 Å². The Morgan fingerprint density at radius 3 is 2.00 bits per heavy atom. The third-order valence-electron chi connectivity index (χ3n) is 3.82. The van der Waals surface area contributed by atoms with Crippen LogP contribution in [0.1, 0.15) is 39.4 Å². The van der Waals surface area contributed by atoms with Crippen LogP contribution in [0, 0.1) is 33.5 Å². The van der Waals surface area contributed by atoms with Crippen molar-refractivity contribution in [3.8, 4) is 0 Å². The first kappa shape index (κ1) is 14.7. The van der Waals surface area contributed by atoms with E-state index in [1.54, 1.807) is 0 Å². The molecule has 0 aromatic heterocycles. The molecule has 0 aliphatic heterocycles. The second kappa shape index (κ2) is 5.76. The van der Waals surface area contributed by atoms with Gasteiger partial charge in [-0.1, -0.05) is 35.9 Å². The predicted octanol–water partition coefficient (Wildman–Crippen LogP) is 4.37. The first-order valence-corrected chi connectivity index (χ1v) is 6.95. The van der Waals surface area contributed by atoms with Crippen LogP contribution in [0.2, 0.25) is 0 Å². The number of rotatable bonds is 3. The van der Waals surface area contributed by atoms with Crippen LogP contribution in [0.15, 0.2) is 30.3 Å². The first-order chi connectivity index (χ1) is 9.43. The number of hydrogen-bond donors (Lipinski definition) is 1. The highest BCUT2D eigenvalue weighted by atomic mass is 19.1. The third kappa shape index (κ3) is 2.75. The molecule has 1 unspecified atom stereocenters. The number of hydrogen-bond acceptors (Lipinski definition) is 1. The highest BCUT2D eigenvalue weighted by molar-refractivity contribution is 5.41. The fraction of sp³-hybridized carbons (Fsp3) is 0.333. The van der Waals surface area contributed by atoms with E-state index >= 15 is 0 Å². The molecule has 2 aromatic carbocycles. The van der Waals surface area contributed by atoms with Gasteiger partial charge in [-0.2, -0.15) is 0 Å². The molecule has 0 saturated heterocycles. The van der Waals surface area contributed by atoms with Gasteiger partial charge < -0.3 is 5.32 Å². The Morgan fingerprint density at radius 1 is 0.900 bits per heavy atom. The van der Waals surface area contributed by atoms with Crippen molar-refractivity contribution in [1.29, 1.82) is 0 Å². The van der Waals surface area contributed by atoms with Crippen molar-refractivity contribution in [2.45, 2.75) is 33.7 Å². The Morgan fingerprint density at radius 2 is 1.50 bits per heavy atom. The highest BCUT2D eigenvalue weighted by Gasteiger charge is 2.16. The maximum atomic E-state index is 13.8. The van der Waals surface area contributed by atoms with E-state index in [0.29, 0.717) is 11.1 Å². The standard InChI is InChI=1S/C18H22FN/c1-11-6-7-16(12(2)8-11)18(20-5)15-9-13(3)17(19)14(4)10-15/h6-10,18,20H,1-5H3. The molecule has 106 valence electrons. The van der Waals surface area contributed by atoms with Crippen molar-refractivity contribution >= 4 is 0 Å². The molecule has 2 heteroatoms. The molecule has 0 amide bonds. The zero-order valence-corrected chi connectivity index (χ0v) is 12.8. The molecule has 20 heavy (non-hydrogen) atoms. The minimum absolute atomic E-state index is 0.0913. The summed E-state index contributed by atoms with van der Waals surface area (Å²) in [6.45, 7) is 7.86. The third-order valence-corrected chi connectivity index (χ3v) is 3.82. The minimum atomic E-state index is -0.107. The van der Waals surface area contributed by atoms with Gasteiger partial charge in [-0.15, -0.1) is 0 Å². The maximum absolute atomic E-state index is 13.8. The molecule has 2 aromatic rings. The monoisotopic (exact) mass is 271 g/mol. The summed E-state index contributed by atoms with van der Waals surface area (Å²) in [5.74, 6) is -0.107. The van der Waals surface area contributed by atoms with Crippen LogP contribution >= 0.6 is 0 Å². The lowest BCUT2D eigenvalue weighted by molar-refractivity contribution is 0.604. The quantitative estimate of drug-likeness (QED) is 0.874. The molecule has 0 bridgehead atoms. The molecule has 0 aliphatic carbocycles. The summed E-state index contributed by atoms with van der Waals surface area (Å²) in [6.07, 6.45) is 0. The molecular weight excluding hydrogens is 249 g/mol. The Hall–Kier alpha value is -1.67. The summed E-state index contributed by atoms with van der Waals surface area (Å²) in [7, 11) is 1.94. The highest BCUT2D eigenvalue weighted by Crippen LogP contribution is 2.28. The Kier molecular flexibility index (Phi) is 4.24. The van der Waals surface area contributed by atoms with Gasteiger partial charge in [-0.05, 0) is 62.6 Å². The van der Waals surface area contributed by atoms with Gasteiger partial charge in [-0.25, -0.2) is 4.39 Å². The lowest BCUT2D eigenvalue weighted by Crippen LogP contribution is -2.19. The van der Waals surface area contributed by atoms with Gasteiger partial charge in [0.05, 0.1) is 6.04 Å². The predicted molar refractivity (Wildman–Crippen MR) is 82.7 cm³/mol. The Bertz CT molecular complexity index is 608. The molecule has 2 rings (SSSR count). The summed E-state index contributed by atoms with van der Waals surface area (Å²) in [5.41, 5.74) is 6.26. The SMILES string of the molecule is CNC(c1cc(C)c(F)c(C)c1)c1ccc(C)cc1C.